The SMILES string of the molecule is CC1CN(C)C(CCO)C(=O)N1c1cccc(Br)c1. The summed E-state index contributed by atoms with van der Waals surface area (Å²) in [7, 11) is 1.94. The highest BCUT2D eigenvalue weighted by atomic mass is 79.9. The van der Waals surface area contributed by atoms with Crippen LogP contribution >= 0.6 is 15.9 Å². The van der Waals surface area contributed by atoms with Crippen LogP contribution in [0.3, 0.4) is 0 Å². The van der Waals surface area contributed by atoms with Gasteiger partial charge in [-0.3, -0.25) is 9.69 Å². The molecule has 1 aliphatic rings. The second-order valence-electron chi connectivity index (χ2n) is 5.00. The number of benzene rings is 1. The highest BCUT2D eigenvalue weighted by Gasteiger charge is 2.37. The fourth-order valence-electron chi connectivity index (χ4n) is 2.67. The van der Waals surface area contributed by atoms with Crippen LogP contribution in [-0.2, 0) is 4.79 Å². The first kappa shape index (κ1) is 14.5. The van der Waals surface area contributed by atoms with Gasteiger partial charge in [-0.25, -0.2) is 0 Å². The Kier molecular flexibility index (Phi) is 4.60. The monoisotopic (exact) mass is 326 g/mol. The first-order valence-electron chi connectivity index (χ1n) is 6.44. The topological polar surface area (TPSA) is 43.8 Å². The molecule has 1 aromatic carbocycles. The van der Waals surface area contributed by atoms with Crippen LogP contribution in [-0.4, -0.2) is 48.2 Å². The number of carbonyl (C=O) groups excluding carboxylic acids is 1. The minimum Gasteiger partial charge on any atom is -0.396 e. The molecule has 0 aliphatic carbocycles. The lowest BCUT2D eigenvalue weighted by Crippen LogP contribution is -2.60. The van der Waals surface area contributed by atoms with Crippen molar-refractivity contribution >= 4 is 27.5 Å². The Bertz CT molecular complexity index is 467. The van der Waals surface area contributed by atoms with Gasteiger partial charge in [0.2, 0.25) is 5.91 Å². The molecule has 1 heterocycles. The van der Waals surface area contributed by atoms with Crippen LogP contribution in [0.15, 0.2) is 28.7 Å². The largest absolute Gasteiger partial charge is 0.396 e. The van der Waals surface area contributed by atoms with Crippen molar-refractivity contribution < 1.29 is 9.90 Å². The number of hydrogen-bond donors (Lipinski definition) is 1. The van der Waals surface area contributed by atoms with E-state index in [1.165, 1.54) is 0 Å². The highest BCUT2D eigenvalue weighted by molar-refractivity contribution is 9.10. The number of anilines is 1. The fourth-order valence-corrected chi connectivity index (χ4v) is 3.05. The molecule has 1 fully saturated rings. The summed E-state index contributed by atoms with van der Waals surface area (Å²) in [5.74, 6) is 0.0633. The van der Waals surface area contributed by atoms with E-state index in [1.54, 1.807) is 0 Å². The minimum absolute atomic E-state index is 0.0292. The molecule has 2 atom stereocenters. The number of hydrogen-bond acceptors (Lipinski definition) is 3. The van der Waals surface area contributed by atoms with Crippen molar-refractivity contribution in [3.63, 3.8) is 0 Å². The van der Waals surface area contributed by atoms with Crippen LogP contribution in [0.4, 0.5) is 5.69 Å². The van der Waals surface area contributed by atoms with Crippen LogP contribution in [0.1, 0.15) is 13.3 Å². The molecule has 5 heteroatoms. The summed E-state index contributed by atoms with van der Waals surface area (Å²) in [5.41, 5.74) is 0.905. The molecule has 0 radical (unpaired) electrons. The van der Waals surface area contributed by atoms with Gasteiger partial charge in [-0.1, -0.05) is 22.0 Å². The third-order valence-electron chi connectivity index (χ3n) is 3.54. The van der Waals surface area contributed by atoms with E-state index in [0.29, 0.717) is 6.42 Å². The zero-order valence-corrected chi connectivity index (χ0v) is 12.8. The second-order valence-corrected chi connectivity index (χ2v) is 5.92. The van der Waals surface area contributed by atoms with Crippen molar-refractivity contribution in [2.75, 3.05) is 25.1 Å². The Morgan fingerprint density at radius 1 is 1.47 bits per heavy atom. The molecule has 0 aromatic heterocycles. The van der Waals surface area contributed by atoms with Crippen molar-refractivity contribution in [3.05, 3.63) is 28.7 Å². The van der Waals surface area contributed by atoms with Crippen molar-refractivity contribution in [2.45, 2.75) is 25.4 Å². The van der Waals surface area contributed by atoms with Gasteiger partial charge in [0.25, 0.3) is 0 Å². The summed E-state index contributed by atoms with van der Waals surface area (Å²) in [6.07, 6.45) is 0.479. The molecule has 104 valence electrons. The van der Waals surface area contributed by atoms with Crippen LogP contribution < -0.4 is 4.90 Å². The molecule has 1 amide bonds. The molecule has 2 rings (SSSR count). The maximum absolute atomic E-state index is 12.6. The summed E-state index contributed by atoms with van der Waals surface area (Å²) in [6.45, 7) is 2.88. The van der Waals surface area contributed by atoms with Crippen molar-refractivity contribution in [3.8, 4) is 0 Å². The van der Waals surface area contributed by atoms with E-state index in [1.807, 2.05) is 48.0 Å². The van der Waals surface area contributed by atoms with Gasteiger partial charge in [0, 0.05) is 29.4 Å². The van der Waals surface area contributed by atoms with Crippen molar-refractivity contribution in [2.24, 2.45) is 0 Å². The molecule has 1 aromatic rings. The van der Waals surface area contributed by atoms with Crippen LogP contribution in [0.5, 0.6) is 0 Å². The molecule has 0 bridgehead atoms. The Morgan fingerprint density at radius 2 is 2.21 bits per heavy atom. The van der Waals surface area contributed by atoms with E-state index >= 15 is 0 Å². The summed E-state index contributed by atoms with van der Waals surface area (Å²) in [4.78, 5) is 16.5. The normalized spacial score (nSPS) is 24.8. The standard InChI is InChI=1S/C14H19BrN2O2/c1-10-9-16(2)13(6-7-18)14(19)17(10)12-5-3-4-11(15)8-12/h3-5,8,10,13,18H,6-7,9H2,1-2H3. The van der Waals surface area contributed by atoms with E-state index in [9.17, 15) is 4.79 Å². The number of aliphatic hydroxyl groups excluding tert-OH is 1. The number of aliphatic hydroxyl groups is 1. The van der Waals surface area contributed by atoms with E-state index in [0.717, 1.165) is 16.7 Å². The Morgan fingerprint density at radius 3 is 2.84 bits per heavy atom. The Hall–Kier alpha value is -0.910. The summed E-state index contributed by atoms with van der Waals surface area (Å²) >= 11 is 3.44. The molecule has 0 saturated carbocycles. The lowest BCUT2D eigenvalue weighted by atomic mass is 10.0. The predicted molar refractivity (Wildman–Crippen MR) is 79.2 cm³/mol. The van der Waals surface area contributed by atoms with Gasteiger partial charge < -0.3 is 10.0 Å². The second kappa shape index (κ2) is 6.03. The Balaban J connectivity index is 2.30. The smallest absolute Gasteiger partial charge is 0.244 e. The summed E-state index contributed by atoms with van der Waals surface area (Å²) in [6, 6.07) is 7.66. The fraction of sp³-hybridized carbons (Fsp3) is 0.500. The number of nitrogens with zero attached hydrogens (tertiary/aromatic N) is 2. The maximum Gasteiger partial charge on any atom is 0.244 e. The van der Waals surface area contributed by atoms with E-state index < -0.39 is 0 Å². The third kappa shape index (κ3) is 2.99. The van der Waals surface area contributed by atoms with Gasteiger partial charge in [0.05, 0.1) is 6.04 Å². The van der Waals surface area contributed by atoms with Gasteiger partial charge in [0.1, 0.15) is 0 Å². The predicted octanol–water partition coefficient (Wildman–Crippen LogP) is 1.87. The van der Waals surface area contributed by atoms with Gasteiger partial charge in [-0.2, -0.15) is 0 Å². The van der Waals surface area contributed by atoms with Gasteiger partial charge in [-0.05, 0) is 38.6 Å². The Labute approximate surface area is 122 Å². The average Bonchev–Trinajstić information content (AvgIpc) is 2.34. The molecule has 1 saturated heterocycles. The summed E-state index contributed by atoms with van der Waals surface area (Å²) < 4.78 is 0.961. The zero-order valence-electron chi connectivity index (χ0n) is 11.2. The van der Waals surface area contributed by atoms with Crippen molar-refractivity contribution in [1.82, 2.24) is 4.90 Å². The molecule has 2 unspecified atom stereocenters. The molecule has 4 nitrogen and oxygen atoms in total. The third-order valence-corrected chi connectivity index (χ3v) is 4.03. The number of carbonyl (C=O) groups is 1. The zero-order chi connectivity index (χ0) is 14.0. The van der Waals surface area contributed by atoms with Crippen LogP contribution in [0.2, 0.25) is 0 Å². The molecule has 1 N–H and O–H groups in total. The van der Waals surface area contributed by atoms with Gasteiger partial charge >= 0.3 is 0 Å². The number of amides is 1. The minimum atomic E-state index is -0.236. The molecular weight excluding hydrogens is 308 g/mol. The molecule has 1 aliphatic heterocycles. The first-order valence-corrected chi connectivity index (χ1v) is 7.23. The van der Waals surface area contributed by atoms with Crippen LogP contribution in [0, 0.1) is 0 Å². The average molecular weight is 327 g/mol. The van der Waals surface area contributed by atoms with Crippen LogP contribution in [0.25, 0.3) is 0 Å². The molecule has 19 heavy (non-hydrogen) atoms. The number of piperazine rings is 1. The number of rotatable bonds is 3. The number of likely N-dealkylation sites (N-methyl/N-ethyl adjacent to an activating group) is 1. The molecular formula is C14H19BrN2O2. The van der Waals surface area contributed by atoms with Gasteiger partial charge in [-0.15, -0.1) is 0 Å². The van der Waals surface area contributed by atoms with E-state index in [2.05, 4.69) is 15.9 Å². The van der Waals surface area contributed by atoms with Gasteiger partial charge in [0.15, 0.2) is 0 Å². The van der Waals surface area contributed by atoms with Crippen molar-refractivity contribution in [1.29, 1.82) is 0 Å². The highest BCUT2D eigenvalue weighted by Crippen LogP contribution is 2.27. The number of halogens is 1. The van der Waals surface area contributed by atoms with E-state index in [-0.39, 0.29) is 24.6 Å². The van der Waals surface area contributed by atoms with E-state index in [4.69, 9.17) is 5.11 Å². The molecule has 0 spiro atoms. The summed E-state index contributed by atoms with van der Waals surface area (Å²) in [5, 5.41) is 9.12. The quantitative estimate of drug-likeness (QED) is 0.922. The lowest BCUT2D eigenvalue weighted by Gasteiger charge is -2.43. The first-order chi connectivity index (χ1) is 9.04. The lowest BCUT2D eigenvalue weighted by molar-refractivity contribution is -0.126. The maximum atomic E-state index is 12.6.